The summed E-state index contributed by atoms with van der Waals surface area (Å²) >= 11 is 11.2. The van der Waals surface area contributed by atoms with Crippen LogP contribution in [0.4, 0.5) is 5.69 Å². The molecule has 1 aromatic carbocycles. The van der Waals surface area contributed by atoms with E-state index in [9.17, 15) is 13.2 Å². The molecule has 1 rings (SSSR count). The molecule has 0 heterocycles. The van der Waals surface area contributed by atoms with Crippen LogP contribution in [0.15, 0.2) is 24.3 Å². The maximum atomic E-state index is 11.8. The number of nitrogens with one attached hydrogen (secondary N) is 1. The van der Waals surface area contributed by atoms with Gasteiger partial charge in [0.1, 0.15) is 0 Å². The molecule has 5 nitrogen and oxygen atoms in total. The third-order valence-electron chi connectivity index (χ3n) is 2.51. The number of halogens is 2. The molecule has 0 bridgehead atoms. The second-order valence-electron chi connectivity index (χ2n) is 4.17. The van der Waals surface area contributed by atoms with Gasteiger partial charge in [0.2, 0.25) is 15.9 Å². The van der Waals surface area contributed by atoms with Crippen LogP contribution in [-0.2, 0) is 14.8 Å². The highest BCUT2D eigenvalue weighted by molar-refractivity contribution is 7.89. The molecule has 1 N–H and O–H groups in total. The quantitative estimate of drug-likeness (QED) is 0.774. The number of hydrogen-bond donors (Lipinski definition) is 1. The van der Waals surface area contributed by atoms with Gasteiger partial charge in [0.15, 0.2) is 0 Å². The van der Waals surface area contributed by atoms with Gasteiger partial charge in [-0.15, -0.1) is 11.6 Å². The van der Waals surface area contributed by atoms with Crippen LogP contribution in [0.1, 0.15) is 6.42 Å². The van der Waals surface area contributed by atoms with E-state index in [1.54, 1.807) is 24.3 Å². The number of anilines is 1. The summed E-state index contributed by atoms with van der Waals surface area (Å²) in [6, 6.07) is 6.56. The monoisotopic (exact) mass is 338 g/mol. The maximum Gasteiger partial charge on any atom is 0.239 e. The number of likely N-dealkylation sites (N-methyl/N-ethyl adjacent to an activating group) is 1. The summed E-state index contributed by atoms with van der Waals surface area (Å²) in [5, 5.41) is 3.16. The van der Waals surface area contributed by atoms with Crippen LogP contribution < -0.4 is 5.32 Å². The summed E-state index contributed by atoms with van der Waals surface area (Å²) in [7, 11) is -2.08. The molecule has 112 valence electrons. The Morgan fingerprint density at radius 1 is 1.30 bits per heavy atom. The lowest BCUT2D eigenvalue weighted by Crippen LogP contribution is -2.36. The third-order valence-corrected chi connectivity index (χ3v) is 4.91. The standard InChI is InChI=1S/C12H16Cl2N2O3S/c1-16(20(18,19)8-2-7-13)9-12(17)15-11-5-3-10(14)4-6-11/h3-6H,2,7-9H2,1H3,(H,15,17). The largest absolute Gasteiger partial charge is 0.325 e. The maximum absolute atomic E-state index is 11.8. The Morgan fingerprint density at radius 2 is 1.90 bits per heavy atom. The lowest BCUT2D eigenvalue weighted by Gasteiger charge is -2.16. The summed E-state index contributed by atoms with van der Waals surface area (Å²) in [6.45, 7) is -0.243. The molecular weight excluding hydrogens is 323 g/mol. The van der Waals surface area contributed by atoms with Gasteiger partial charge in [0.05, 0.1) is 12.3 Å². The van der Waals surface area contributed by atoms with Crippen molar-refractivity contribution in [1.29, 1.82) is 0 Å². The molecule has 20 heavy (non-hydrogen) atoms. The van der Waals surface area contributed by atoms with Crippen molar-refractivity contribution >= 4 is 44.8 Å². The smallest absolute Gasteiger partial charge is 0.239 e. The lowest BCUT2D eigenvalue weighted by molar-refractivity contribution is -0.116. The van der Waals surface area contributed by atoms with E-state index < -0.39 is 15.9 Å². The van der Waals surface area contributed by atoms with E-state index >= 15 is 0 Å². The Balaban J connectivity index is 2.55. The highest BCUT2D eigenvalue weighted by Gasteiger charge is 2.19. The molecule has 0 aliphatic carbocycles. The van der Waals surface area contributed by atoms with Crippen LogP contribution in [0, 0.1) is 0 Å². The molecule has 0 radical (unpaired) electrons. The molecule has 1 amide bonds. The number of amides is 1. The molecule has 0 fully saturated rings. The molecule has 0 saturated carbocycles. The number of rotatable bonds is 7. The van der Waals surface area contributed by atoms with E-state index in [1.165, 1.54) is 7.05 Å². The number of hydrogen-bond acceptors (Lipinski definition) is 3. The molecular formula is C12H16Cl2N2O3S. The number of benzene rings is 1. The first kappa shape index (κ1) is 17.2. The minimum Gasteiger partial charge on any atom is -0.325 e. The van der Waals surface area contributed by atoms with E-state index in [0.29, 0.717) is 17.1 Å². The minimum atomic E-state index is -3.45. The van der Waals surface area contributed by atoms with Crippen molar-refractivity contribution in [2.24, 2.45) is 0 Å². The Hall–Kier alpha value is -0.820. The van der Waals surface area contributed by atoms with E-state index in [2.05, 4.69) is 5.32 Å². The highest BCUT2D eigenvalue weighted by Crippen LogP contribution is 2.13. The fraction of sp³-hybridized carbons (Fsp3) is 0.417. The van der Waals surface area contributed by atoms with Crippen LogP contribution in [0.25, 0.3) is 0 Å². The van der Waals surface area contributed by atoms with Crippen molar-refractivity contribution < 1.29 is 13.2 Å². The molecule has 0 aromatic heterocycles. The van der Waals surface area contributed by atoms with Gasteiger partial charge in [0, 0.05) is 23.6 Å². The van der Waals surface area contributed by atoms with Gasteiger partial charge in [-0.2, -0.15) is 4.31 Å². The van der Waals surface area contributed by atoms with E-state index in [-0.39, 0.29) is 18.2 Å². The van der Waals surface area contributed by atoms with Crippen LogP contribution in [0.5, 0.6) is 0 Å². The predicted octanol–water partition coefficient (Wildman–Crippen LogP) is 2.17. The van der Waals surface area contributed by atoms with E-state index in [4.69, 9.17) is 23.2 Å². The SMILES string of the molecule is CN(CC(=O)Nc1ccc(Cl)cc1)S(=O)(=O)CCCCl. The Morgan fingerprint density at radius 3 is 2.45 bits per heavy atom. The van der Waals surface area contributed by atoms with Crippen LogP contribution in [-0.4, -0.2) is 43.9 Å². The highest BCUT2D eigenvalue weighted by atomic mass is 35.5. The van der Waals surface area contributed by atoms with Gasteiger partial charge in [-0.05, 0) is 30.7 Å². The van der Waals surface area contributed by atoms with Crippen molar-refractivity contribution in [2.75, 3.05) is 30.5 Å². The van der Waals surface area contributed by atoms with Gasteiger partial charge in [-0.1, -0.05) is 11.6 Å². The zero-order valence-electron chi connectivity index (χ0n) is 11.0. The number of carbonyl (C=O) groups is 1. The number of sulfonamides is 1. The molecule has 0 aliphatic heterocycles. The zero-order chi connectivity index (χ0) is 15.2. The first-order chi connectivity index (χ1) is 9.35. The van der Waals surface area contributed by atoms with Crippen molar-refractivity contribution in [2.45, 2.75) is 6.42 Å². The average molecular weight is 339 g/mol. The summed E-state index contributed by atoms with van der Waals surface area (Å²) < 4.78 is 24.6. The molecule has 8 heteroatoms. The van der Waals surface area contributed by atoms with Gasteiger partial charge in [0.25, 0.3) is 0 Å². The predicted molar refractivity (Wildman–Crippen MR) is 81.8 cm³/mol. The van der Waals surface area contributed by atoms with Crippen molar-refractivity contribution in [3.63, 3.8) is 0 Å². The minimum absolute atomic E-state index is 0.0682. The number of nitrogens with zero attached hydrogens (tertiary/aromatic N) is 1. The Bertz CT molecular complexity index is 546. The normalized spacial score (nSPS) is 11.6. The van der Waals surface area contributed by atoms with E-state index in [0.717, 1.165) is 4.31 Å². The summed E-state index contributed by atoms with van der Waals surface area (Å²) in [4.78, 5) is 11.8. The molecule has 0 spiro atoms. The second kappa shape index (κ2) is 7.83. The van der Waals surface area contributed by atoms with Crippen molar-refractivity contribution in [3.8, 4) is 0 Å². The molecule has 0 atom stereocenters. The zero-order valence-corrected chi connectivity index (χ0v) is 13.3. The first-order valence-electron chi connectivity index (χ1n) is 5.90. The molecule has 1 aromatic rings. The fourth-order valence-corrected chi connectivity index (χ4v) is 2.98. The molecule has 0 aliphatic rings. The Kier molecular flexibility index (Phi) is 6.75. The average Bonchev–Trinajstić information content (AvgIpc) is 2.39. The lowest BCUT2D eigenvalue weighted by atomic mass is 10.3. The topological polar surface area (TPSA) is 66.5 Å². The summed E-state index contributed by atoms with van der Waals surface area (Å²) in [6.07, 6.45) is 0.354. The molecule has 0 unspecified atom stereocenters. The summed E-state index contributed by atoms with van der Waals surface area (Å²) in [5.41, 5.74) is 0.561. The third kappa shape index (κ3) is 5.66. The van der Waals surface area contributed by atoms with Gasteiger partial charge < -0.3 is 5.32 Å². The number of carbonyl (C=O) groups excluding carboxylic acids is 1. The van der Waals surface area contributed by atoms with Crippen LogP contribution in [0.3, 0.4) is 0 Å². The van der Waals surface area contributed by atoms with Crippen LogP contribution >= 0.6 is 23.2 Å². The second-order valence-corrected chi connectivity index (χ2v) is 7.18. The van der Waals surface area contributed by atoms with Gasteiger partial charge in [-0.3, -0.25) is 4.79 Å². The van der Waals surface area contributed by atoms with Gasteiger partial charge in [-0.25, -0.2) is 8.42 Å². The first-order valence-corrected chi connectivity index (χ1v) is 8.42. The van der Waals surface area contributed by atoms with Crippen molar-refractivity contribution in [3.05, 3.63) is 29.3 Å². The van der Waals surface area contributed by atoms with Gasteiger partial charge >= 0.3 is 0 Å². The van der Waals surface area contributed by atoms with Crippen molar-refractivity contribution in [1.82, 2.24) is 4.31 Å². The number of alkyl halides is 1. The van der Waals surface area contributed by atoms with E-state index in [1.807, 2.05) is 0 Å². The van der Waals surface area contributed by atoms with Crippen LogP contribution in [0.2, 0.25) is 5.02 Å². The summed E-state index contributed by atoms with van der Waals surface area (Å²) in [5.74, 6) is -0.213. The molecule has 0 saturated heterocycles. The fourth-order valence-electron chi connectivity index (χ4n) is 1.43. The Labute approximate surface area is 128 Å².